The number of thiophene rings is 1. The van der Waals surface area contributed by atoms with Crippen LogP contribution in [0.2, 0.25) is 0 Å². The molecule has 27 heteroatoms. The highest BCUT2D eigenvalue weighted by Gasteiger charge is 2.32. The first-order valence-electron chi connectivity index (χ1n) is 20.3. The molecule has 0 spiro atoms. The Balaban J connectivity index is 1.42. The van der Waals surface area contributed by atoms with Gasteiger partial charge in [-0.3, -0.25) is 28.8 Å². The lowest BCUT2D eigenvalue weighted by atomic mass is 10.1. The standard InChI is InChI=1S/C44H40F3N4O17PS2/c1-21(18-49-43(56)27-8-11-33(64-23(3)52)35(13-27)66-25(5)54)62-40-38(46)31-16-37(71(60,61)51-20-69(58,59)68-30-10-7-29(17-48)32(45)15-30)70-42(31)39(47)41(40)63-22(2)19-50-44(57)28-9-12-34(65-24(4)53)36(14-28)67-26(6)55/h7-16,21-22,51H,18-20H2,1-6H3,(H,49,56)(H,50,57)(H,58,59). The minimum atomic E-state index is -4.93. The third kappa shape index (κ3) is 14.5. The zero-order chi connectivity index (χ0) is 52.5. The van der Waals surface area contributed by atoms with E-state index in [1.54, 1.807) is 6.07 Å². The van der Waals surface area contributed by atoms with Gasteiger partial charge in [0.2, 0.25) is 11.5 Å². The minimum Gasteiger partial charge on any atom is -0.482 e. The number of halogens is 3. The van der Waals surface area contributed by atoms with Crippen LogP contribution in [0.25, 0.3) is 10.1 Å². The maximum Gasteiger partial charge on any atom is 0.391 e. The number of sulfonamides is 1. The van der Waals surface area contributed by atoms with Gasteiger partial charge in [-0.15, -0.1) is 11.3 Å². The highest BCUT2D eigenvalue weighted by Crippen LogP contribution is 2.46. The van der Waals surface area contributed by atoms with E-state index < -0.39 is 139 Å². The Kier molecular flexibility index (Phi) is 17.5. The molecule has 0 fully saturated rings. The highest BCUT2D eigenvalue weighted by atomic mass is 32.2. The van der Waals surface area contributed by atoms with Crippen LogP contribution in [-0.2, 0) is 33.8 Å². The van der Waals surface area contributed by atoms with Crippen molar-refractivity contribution in [3.8, 4) is 46.3 Å². The van der Waals surface area contributed by atoms with Gasteiger partial charge in [-0.2, -0.15) is 9.98 Å². The second-order valence-electron chi connectivity index (χ2n) is 14.9. The molecule has 5 aromatic rings. The maximum absolute atomic E-state index is 16.7. The van der Waals surface area contributed by atoms with Gasteiger partial charge in [-0.05, 0) is 68.4 Å². The average Bonchev–Trinajstić information content (AvgIpc) is 3.75. The minimum absolute atomic E-state index is 0.0981. The smallest absolute Gasteiger partial charge is 0.391 e. The summed E-state index contributed by atoms with van der Waals surface area (Å²) in [6.45, 7) is 6.15. The number of hydrogen-bond donors (Lipinski definition) is 4. The van der Waals surface area contributed by atoms with Gasteiger partial charge in [-0.25, -0.2) is 26.2 Å². The monoisotopic (exact) mass is 1050 g/mol. The average molecular weight is 1050 g/mol. The summed E-state index contributed by atoms with van der Waals surface area (Å²) < 4.78 is 124. The van der Waals surface area contributed by atoms with Gasteiger partial charge in [0.15, 0.2) is 34.6 Å². The number of carbonyl (C=O) groups is 6. The molecule has 1 aromatic heterocycles. The predicted molar refractivity (Wildman–Crippen MR) is 241 cm³/mol. The van der Waals surface area contributed by atoms with Gasteiger partial charge in [0.25, 0.3) is 21.8 Å². The van der Waals surface area contributed by atoms with Crippen molar-refractivity contribution in [2.75, 3.05) is 19.4 Å². The molecule has 2 amide bonds. The van der Waals surface area contributed by atoms with E-state index in [9.17, 15) is 51.0 Å². The first-order chi connectivity index (χ1) is 33.3. The normalized spacial score (nSPS) is 12.8. The fourth-order valence-electron chi connectivity index (χ4n) is 5.95. The van der Waals surface area contributed by atoms with E-state index in [1.807, 2.05) is 4.72 Å². The van der Waals surface area contributed by atoms with Gasteiger partial charge < -0.3 is 48.5 Å². The van der Waals surface area contributed by atoms with Crippen molar-refractivity contribution in [1.82, 2.24) is 15.4 Å². The number of hydrogen-bond acceptors (Lipinski definition) is 18. The van der Waals surface area contributed by atoms with Crippen molar-refractivity contribution in [1.29, 1.82) is 5.26 Å². The third-order valence-corrected chi connectivity index (χ3v) is 13.2. The van der Waals surface area contributed by atoms with Crippen LogP contribution in [0.4, 0.5) is 13.2 Å². The van der Waals surface area contributed by atoms with Gasteiger partial charge in [-0.1, -0.05) is 0 Å². The van der Waals surface area contributed by atoms with Crippen molar-refractivity contribution in [2.24, 2.45) is 0 Å². The third-order valence-electron chi connectivity index (χ3n) is 8.94. The predicted octanol–water partition coefficient (Wildman–Crippen LogP) is 5.79. The van der Waals surface area contributed by atoms with Crippen LogP contribution in [0.1, 0.15) is 67.8 Å². The van der Waals surface area contributed by atoms with Gasteiger partial charge >= 0.3 is 31.5 Å². The first kappa shape index (κ1) is 54.4. The maximum atomic E-state index is 16.7. The number of esters is 4. The molecule has 3 unspecified atom stereocenters. The van der Waals surface area contributed by atoms with Gasteiger partial charge in [0.1, 0.15) is 40.3 Å². The number of rotatable bonds is 20. The van der Waals surface area contributed by atoms with Crippen LogP contribution < -0.4 is 48.3 Å². The summed E-state index contributed by atoms with van der Waals surface area (Å²) in [7, 11) is -9.81. The van der Waals surface area contributed by atoms with E-state index >= 15 is 8.78 Å². The molecule has 0 aliphatic heterocycles. The van der Waals surface area contributed by atoms with Crippen LogP contribution in [-0.4, -0.2) is 80.6 Å². The lowest BCUT2D eigenvalue weighted by Gasteiger charge is -2.22. The first-order valence-corrected chi connectivity index (χ1v) is 24.4. The molecule has 3 atom stereocenters. The number of carbonyl (C=O) groups excluding carboxylic acids is 6. The fourth-order valence-corrected chi connectivity index (χ4v) is 9.89. The van der Waals surface area contributed by atoms with Crippen molar-refractivity contribution in [3.63, 3.8) is 0 Å². The largest absolute Gasteiger partial charge is 0.482 e. The SMILES string of the molecule is CC(=O)Oc1ccc(C(=O)NCC(C)Oc2c(OC(C)CNC(=O)c3ccc(OC(C)=O)c(OC(C)=O)c3)c(F)c3sc(S(=O)(=O)NCP(=O)(O)Oc4ccc(C#N)c(F)c4)cc3c2F)cc1OC(C)=O. The molecule has 21 nitrogen and oxygen atoms in total. The molecule has 1 heterocycles. The van der Waals surface area contributed by atoms with Crippen molar-refractivity contribution < 1.29 is 92.8 Å². The molecule has 5 rings (SSSR count). The lowest BCUT2D eigenvalue weighted by Crippen LogP contribution is -2.35. The molecule has 0 bridgehead atoms. The molecule has 0 aliphatic carbocycles. The number of ether oxygens (including phenoxy) is 6. The number of nitrogens with zero attached hydrogens (tertiary/aromatic N) is 1. The van der Waals surface area contributed by atoms with E-state index in [0.717, 1.165) is 52.0 Å². The highest BCUT2D eigenvalue weighted by molar-refractivity contribution is 7.92. The number of amides is 2. The second-order valence-corrected chi connectivity index (χ2v) is 19.7. The molecule has 0 aliphatic rings. The summed E-state index contributed by atoms with van der Waals surface area (Å²) in [6.07, 6.45) is -3.77. The summed E-state index contributed by atoms with van der Waals surface area (Å²) >= 11 is 0.175. The van der Waals surface area contributed by atoms with Crippen LogP contribution in [0, 0.1) is 28.8 Å². The fraction of sp³-hybridized carbons (Fsp3) is 0.250. The quantitative estimate of drug-likeness (QED) is 0.0407. The van der Waals surface area contributed by atoms with Crippen LogP contribution in [0.15, 0.2) is 64.9 Å². The van der Waals surface area contributed by atoms with Crippen molar-refractivity contribution in [3.05, 3.63) is 94.8 Å². The van der Waals surface area contributed by atoms with Gasteiger partial charge in [0.05, 0.1) is 23.4 Å². The molecular formula is C44H40F3N4O17PS2. The Morgan fingerprint density at radius 3 is 1.62 bits per heavy atom. The van der Waals surface area contributed by atoms with Crippen LogP contribution in [0.5, 0.6) is 40.2 Å². The summed E-state index contributed by atoms with van der Waals surface area (Å²) in [5.74, 6) is -11.8. The molecule has 376 valence electrons. The topological polar surface area (TPSA) is 298 Å². The van der Waals surface area contributed by atoms with E-state index in [-0.39, 0.29) is 45.5 Å². The molecule has 4 N–H and O–H groups in total. The van der Waals surface area contributed by atoms with E-state index in [1.165, 1.54) is 38.1 Å². The van der Waals surface area contributed by atoms with E-state index in [4.69, 9.17) is 38.2 Å². The Morgan fingerprint density at radius 1 is 0.704 bits per heavy atom. The van der Waals surface area contributed by atoms with E-state index in [2.05, 4.69) is 10.6 Å². The Labute approximate surface area is 405 Å². The lowest BCUT2D eigenvalue weighted by molar-refractivity contribution is -0.134. The van der Waals surface area contributed by atoms with Gasteiger partial charge in [0, 0.05) is 50.3 Å². The summed E-state index contributed by atoms with van der Waals surface area (Å²) in [6, 6.07) is 11.9. The number of fused-ring (bicyclic) bond motifs is 1. The molecule has 0 radical (unpaired) electrons. The Hall–Kier alpha value is -7.56. The number of benzene rings is 4. The zero-order valence-corrected chi connectivity index (χ0v) is 40.4. The zero-order valence-electron chi connectivity index (χ0n) is 37.9. The van der Waals surface area contributed by atoms with Crippen LogP contribution in [0.3, 0.4) is 0 Å². The van der Waals surface area contributed by atoms with Crippen molar-refractivity contribution in [2.45, 2.75) is 58.0 Å². The summed E-state index contributed by atoms with van der Waals surface area (Å²) in [5.41, 5.74) is -0.603. The Bertz CT molecular complexity index is 3020. The number of nitrogens with one attached hydrogen (secondary N) is 3. The molecule has 0 saturated carbocycles. The van der Waals surface area contributed by atoms with Crippen LogP contribution >= 0.6 is 18.9 Å². The van der Waals surface area contributed by atoms with Crippen molar-refractivity contribution >= 4 is 74.7 Å². The second kappa shape index (κ2) is 22.9. The molecule has 4 aromatic carbocycles. The molecule has 0 saturated heterocycles. The molecule has 71 heavy (non-hydrogen) atoms. The summed E-state index contributed by atoms with van der Waals surface area (Å²) in [5, 5.41) is 13.3. The number of nitriles is 1. The summed E-state index contributed by atoms with van der Waals surface area (Å²) in [4.78, 5) is 83.2. The Morgan fingerprint density at radius 2 is 1.17 bits per heavy atom. The molecular weight excluding hydrogens is 1010 g/mol. The van der Waals surface area contributed by atoms with E-state index in [0.29, 0.717) is 12.1 Å².